The average molecular weight is 530 g/mol. The SMILES string of the molecule is CCC(CO[I-]CCC(COC)c1ccc(O)cc1C)c1ccc(O)c(C(N)O)c1. The van der Waals surface area contributed by atoms with Crippen LogP contribution in [0.1, 0.15) is 60.1 Å². The van der Waals surface area contributed by atoms with Gasteiger partial charge in [-0.3, -0.25) is 0 Å². The molecular formula is C23H33INO5-. The number of ether oxygens (including phenoxy) is 1. The zero-order chi connectivity index (χ0) is 22.1. The molecule has 0 fully saturated rings. The van der Waals surface area contributed by atoms with Crippen LogP contribution in [-0.4, -0.2) is 40.1 Å². The Bertz CT molecular complexity index is 799. The molecule has 0 aliphatic heterocycles. The Balaban J connectivity index is 1.88. The van der Waals surface area contributed by atoms with Gasteiger partial charge in [0.25, 0.3) is 0 Å². The van der Waals surface area contributed by atoms with Crippen LogP contribution in [0.5, 0.6) is 11.5 Å². The molecule has 6 nitrogen and oxygen atoms in total. The number of aromatic hydroxyl groups is 2. The standard InChI is InChI=1S/C23H33INO5/c1-4-16(17-5-8-22(27)21(12-17)23(25)28)14-30-24-10-9-18(13-29-3)20-7-6-19(26)11-15(20)2/h5-8,11-12,16,18,23,26-28H,4,9-10,13-14,25H2,1-3H3/q-1. The van der Waals surface area contributed by atoms with E-state index in [1.165, 1.54) is 5.56 Å². The fraction of sp³-hybridized carbons (Fsp3) is 0.478. The van der Waals surface area contributed by atoms with Crippen molar-refractivity contribution in [2.75, 3.05) is 24.8 Å². The number of phenolic OH excluding ortho intramolecular Hbond substituents is 2. The number of rotatable bonds is 12. The van der Waals surface area contributed by atoms with Gasteiger partial charge in [0.2, 0.25) is 0 Å². The summed E-state index contributed by atoms with van der Waals surface area (Å²) in [6.45, 7) is 5.37. The van der Waals surface area contributed by atoms with E-state index in [2.05, 4.69) is 6.92 Å². The van der Waals surface area contributed by atoms with E-state index in [1.807, 2.05) is 19.1 Å². The third-order valence-corrected chi connectivity index (χ3v) is 7.13. The summed E-state index contributed by atoms with van der Waals surface area (Å²) in [4.78, 5) is 0. The molecule has 0 aliphatic rings. The molecule has 0 saturated heterocycles. The van der Waals surface area contributed by atoms with Crippen LogP contribution in [0.2, 0.25) is 0 Å². The molecule has 30 heavy (non-hydrogen) atoms. The van der Waals surface area contributed by atoms with E-state index in [9.17, 15) is 15.3 Å². The monoisotopic (exact) mass is 530 g/mol. The molecule has 2 aromatic rings. The van der Waals surface area contributed by atoms with Gasteiger partial charge in [-0.25, -0.2) is 0 Å². The van der Waals surface area contributed by atoms with Gasteiger partial charge in [0.15, 0.2) is 0 Å². The van der Waals surface area contributed by atoms with E-state index in [0.29, 0.717) is 18.8 Å². The molecule has 168 valence electrons. The number of nitrogens with two attached hydrogens (primary N) is 1. The molecule has 0 spiro atoms. The molecule has 0 heterocycles. The summed E-state index contributed by atoms with van der Waals surface area (Å²) >= 11 is -0.416. The first-order chi connectivity index (χ1) is 14.4. The Labute approximate surface area is 189 Å². The normalized spacial score (nSPS) is 14.6. The third kappa shape index (κ3) is 7.09. The number of aliphatic hydroxyl groups is 1. The van der Waals surface area contributed by atoms with Gasteiger partial charge in [0.05, 0.1) is 0 Å². The fourth-order valence-corrected chi connectivity index (χ4v) is 5.52. The summed E-state index contributed by atoms with van der Waals surface area (Å²) < 4.78 is 12.5. The zero-order valence-electron chi connectivity index (χ0n) is 17.8. The van der Waals surface area contributed by atoms with Gasteiger partial charge >= 0.3 is 190 Å². The molecule has 0 aromatic heterocycles. The van der Waals surface area contributed by atoms with Crippen LogP contribution in [0.25, 0.3) is 0 Å². The number of hydrogen-bond donors (Lipinski definition) is 4. The first-order valence-electron chi connectivity index (χ1n) is 10.1. The second-order valence-corrected chi connectivity index (χ2v) is 9.75. The summed E-state index contributed by atoms with van der Waals surface area (Å²) in [6, 6.07) is 10.7. The number of halogens is 1. The van der Waals surface area contributed by atoms with Crippen molar-refractivity contribution in [3.05, 3.63) is 58.7 Å². The van der Waals surface area contributed by atoms with Gasteiger partial charge in [-0.15, -0.1) is 0 Å². The summed E-state index contributed by atoms with van der Waals surface area (Å²) in [6.07, 6.45) is 0.678. The summed E-state index contributed by atoms with van der Waals surface area (Å²) in [5, 5.41) is 29.1. The first-order valence-corrected chi connectivity index (χ1v) is 12.5. The Kier molecular flexibility index (Phi) is 10.3. The van der Waals surface area contributed by atoms with E-state index in [-0.39, 0.29) is 23.3 Å². The molecule has 0 radical (unpaired) electrons. The number of benzene rings is 2. The van der Waals surface area contributed by atoms with Crippen molar-refractivity contribution in [3.8, 4) is 11.5 Å². The van der Waals surface area contributed by atoms with E-state index in [1.54, 1.807) is 31.4 Å². The maximum atomic E-state index is 9.84. The van der Waals surface area contributed by atoms with Gasteiger partial charge in [0.1, 0.15) is 0 Å². The summed E-state index contributed by atoms with van der Waals surface area (Å²) in [5.74, 6) is 0.766. The van der Waals surface area contributed by atoms with Crippen molar-refractivity contribution < 1.29 is 44.7 Å². The molecule has 0 saturated carbocycles. The molecule has 7 heteroatoms. The molecule has 2 rings (SSSR count). The molecule has 0 bridgehead atoms. The van der Waals surface area contributed by atoms with E-state index >= 15 is 0 Å². The first kappa shape index (κ1) is 24.9. The molecular weight excluding hydrogens is 497 g/mol. The number of aryl methyl sites for hydroxylation is 1. The maximum absolute atomic E-state index is 9.84. The van der Waals surface area contributed by atoms with E-state index < -0.39 is 27.8 Å². The Morgan fingerprint density at radius 2 is 1.80 bits per heavy atom. The van der Waals surface area contributed by atoms with Gasteiger partial charge in [-0.2, -0.15) is 0 Å². The van der Waals surface area contributed by atoms with Crippen LogP contribution in [-0.2, 0) is 7.80 Å². The van der Waals surface area contributed by atoms with Crippen molar-refractivity contribution in [2.45, 2.75) is 44.8 Å². The van der Waals surface area contributed by atoms with Crippen LogP contribution in [0.15, 0.2) is 36.4 Å². The molecule has 5 N–H and O–H groups in total. The van der Waals surface area contributed by atoms with Crippen LogP contribution >= 0.6 is 0 Å². The van der Waals surface area contributed by atoms with Gasteiger partial charge < -0.3 is 0 Å². The Hall–Kier alpha value is -1.39. The zero-order valence-corrected chi connectivity index (χ0v) is 20.0. The summed E-state index contributed by atoms with van der Waals surface area (Å²) in [7, 11) is 1.71. The minimum absolute atomic E-state index is 0.00524. The van der Waals surface area contributed by atoms with Crippen molar-refractivity contribution in [1.82, 2.24) is 0 Å². The minimum atomic E-state index is -1.20. The molecule has 2 aromatic carbocycles. The quantitative estimate of drug-likeness (QED) is 0.139. The van der Waals surface area contributed by atoms with Crippen LogP contribution in [0.3, 0.4) is 0 Å². The van der Waals surface area contributed by atoms with Crippen LogP contribution in [0.4, 0.5) is 0 Å². The Morgan fingerprint density at radius 1 is 1.03 bits per heavy atom. The number of alkyl halides is 1. The topological polar surface area (TPSA) is 105 Å². The number of hydrogen-bond acceptors (Lipinski definition) is 6. The Morgan fingerprint density at radius 3 is 2.43 bits per heavy atom. The average Bonchev–Trinajstić information content (AvgIpc) is 2.70. The molecule has 0 amide bonds. The second kappa shape index (κ2) is 12.5. The van der Waals surface area contributed by atoms with Crippen molar-refractivity contribution in [3.63, 3.8) is 0 Å². The van der Waals surface area contributed by atoms with Gasteiger partial charge in [-0.1, -0.05) is 0 Å². The number of phenols is 2. The number of methoxy groups -OCH3 is 1. The van der Waals surface area contributed by atoms with E-state index in [4.69, 9.17) is 13.5 Å². The van der Waals surface area contributed by atoms with Gasteiger partial charge in [-0.05, 0) is 0 Å². The molecule has 3 atom stereocenters. The molecule has 0 aliphatic carbocycles. The van der Waals surface area contributed by atoms with Crippen molar-refractivity contribution in [2.24, 2.45) is 5.73 Å². The summed E-state index contributed by atoms with van der Waals surface area (Å²) in [5.41, 5.74) is 9.17. The van der Waals surface area contributed by atoms with Crippen molar-refractivity contribution in [1.29, 1.82) is 0 Å². The predicted molar refractivity (Wildman–Crippen MR) is 113 cm³/mol. The van der Waals surface area contributed by atoms with Crippen LogP contribution < -0.4 is 27.4 Å². The predicted octanol–water partition coefficient (Wildman–Crippen LogP) is 0.690. The van der Waals surface area contributed by atoms with Crippen molar-refractivity contribution >= 4 is 0 Å². The molecule has 3 unspecified atom stereocenters. The third-order valence-electron chi connectivity index (χ3n) is 5.27. The van der Waals surface area contributed by atoms with Gasteiger partial charge in [0, 0.05) is 0 Å². The second-order valence-electron chi connectivity index (χ2n) is 7.42. The number of aliphatic hydroxyl groups excluding tert-OH is 1. The van der Waals surface area contributed by atoms with E-state index in [0.717, 1.165) is 28.4 Å². The fourth-order valence-electron chi connectivity index (χ4n) is 3.51. The van der Waals surface area contributed by atoms with Crippen LogP contribution in [0, 0.1) is 6.92 Å².